The lowest BCUT2D eigenvalue weighted by Gasteiger charge is -2.41. The molecule has 1 aromatic rings. The standard InChI is InChI=1S/C18H24N2O4/c1-22-10-14-17(21)19-11-18(14)4-6-20(7-5-18)9-13-2-3-15-16(8-13)24-12-23-15/h2-3,8,14H,4-7,9-12H2,1H3,(H,19,21). The fourth-order valence-corrected chi connectivity index (χ4v) is 4.19. The number of piperidine rings is 1. The molecule has 0 saturated carbocycles. The first-order valence-electron chi connectivity index (χ1n) is 8.58. The summed E-state index contributed by atoms with van der Waals surface area (Å²) >= 11 is 0. The summed E-state index contributed by atoms with van der Waals surface area (Å²) in [5, 5.41) is 3.04. The van der Waals surface area contributed by atoms with Crippen molar-refractivity contribution in [2.24, 2.45) is 11.3 Å². The van der Waals surface area contributed by atoms with Crippen molar-refractivity contribution in [3.8, 4) is 11.5 Å². The first kappa shape index (κ1) is 15.7. The first-order valence-corrected chi connectivity index (χ1v) is 8.58. The molecular formula is C18H24N2O4. The maximum Gasteiger partial charge on any atom is 0.231 e. The molecule has 1 aromatic carbocycles. The van der Waals surface area contributed by atoms with Gasteiger partial charge >= 0.3 is 0 Å². The van der Waals surface area contributed by atoms with Crippen LogP contribution in [0, 0.1) is 11.3 Å². The number of nitrogens with one attached hydrogen (secondary N) is 1. The van der Waals surface area contributed by atoms with Crippen LogP contribution in [0.2, 0.25) is 0 Å². The second-order valence-corrected chi connectivity index (χ2v) is 7.05. The number of nitrogens with zero attached hydrogens (tertiary/aromatic N) is 1. The molecule has 1 spiro atoms. The van der Waals surface area contributed by atoms with Gasteiger partial charge in [-0.1, -0.05) is 6.07 Å². The summed E-state index contributed by atoms with van der Waals surface area (Å²) < 4.78 is 16.1. The Hall–Kier alpha value is -1.79. The number of benzene rings is 1. The number of rotatable bonds is 4. The van der Waals surface area contributed by atoms with E-state index in [0.29, 0.717) is 13.4 Å². The van der Waals surface area contributed by atoms with Gasteiger partial charge in [-0.15, -0.1) is 0 Å². The topological polar surface area (TPSA) is 60.0 Å². The fourth-order valence-electron chi connectivity index (χ4n) is 4.19. The predicted molar refractivity (Wildman–Crippen MR) is 87.9 cm³/mol. The molecule has 1 atom stereocenters. The van der Waals surface area contributed by atoms with Crippen molar-refractivity contribution in [2.75, 3.05) is 40.1 Å². The van der Waals surface area contributed by atoms with E-state index >= 15 is 0 Å². The van der Waals surface area contributed by atoms with Crippen molar-refractivity contribution >= 4 is 5.91 Å². The van der Waals surface area contributed by atoms with Crippen molar-refractivity contribution in [1.29, 1.82) is 0 Å². The number of methoxy groups -OCH3 is 1. The second-order valence-electron chi connectivity index (χ2n) is 7.05. The molecular weight excluding hydrogens is 308 g/mol. The van der Waals surface area contributed by atoms with Crippen LogP contribution < -0.4 is 14.8 Å². The van der Waals surface area contributed by atoms with Gasteiger partial charge in [-0.2, -0.15) is 0 Å². The molecule has 6 heteroatoms. The van der Waals surface area contributed by atoms with Crippen LogP contribution in [0.4, 0.5) is 0 Å². The summed E-state index contributed by atoms with van der Waals surface area (Å²) in [7, 11) is 1.67. The van der Waals surface area contributed by atoms with Gasteiger partial charge in [-0.05, 0) is 43.6 Å². The van der Waals surface area contributed by atoms with Gasteiger partial charge in [0.2, 0.25) is 12.7 Å². The SMILES string of the molecule is COCC1C(=O)NCC12CCN(Cc1ccc3c(c1)OCO3)CC2. The average Bonchev–Trinajstić information content (AvgIpc) is 3.17. The Morgan fingerprint density at radius 3 is 2.88 bits per heavy atom. The molecule has 0 radical (unpaired) electrons. The molecule has 24 heavy (non-hydrogen) atoms. The van der Waals surface area contributed by atoms with Crippen LogP contribution in [0.25, 0.3) is 0 Å². The highest BCUT2D eigenvalue weighted by molar-refractivity contribution is 5.82. The molecule has 3 aliphatic rings. The Labute approximate surface area is 142 Å². The molecule has 1 unspecified atom stereocenters. The van der Waals surface area contributed by atoms with Gasteiger partial charge in [-0.3, -0.25) is 9.69 Å². The summed E-state index contributed by atoms with van der Waals surface area (Å²) in [5.41, 5.74) is 1.31. The van der Waals surface area contributed by atoms with E-state index in [0.717, 1.165) is 50.5 Å². The van der Waals surface area contributed by atoms with E-state index in [-0.39, 0.29) is 17.2 Å². The number of fused-ring (bicyclic) bond motifs is 1. The van der Waals surface area contributed by atoms with Crippen molar-refractivity contribution in [3.05, 3.63) is 23.8 Å². The van der Waals surface area contributed by atoms with E-state index in [2.05, 4.69) is 22.3 Å². The lowest BCUT2D eigenvalue weighted by atomic mass is 9.71. The van der Waals surface area contributed by atoms with Crippen LogP contribution in [0.3, 0.4) is 0 Å². The zero-order valence-corrected chi connectivity index (χ0v) is 14.0. The molecule has 6 nitrogen and oxygen atoms in total. The maximum atomic E-state index is 12.1. The number of hydrogen-bond acceptors (Lipinski definition) is 5. The van der Waals surface area contributed by atoms with E-state index < -0.39 is 0 Å². The van der Waals surface area contributed by atoms with Gasteiger partial charge in [0.1, 0.15) is 0 Å². The number of hydrogen-bond donors (Lipinski definition) is 1. The van der Waals surface area contributed by atoms with E-state index in [1.54, 1.807) is 7.11 Å². The number of amides is 1. The number of ether oxygens (including phenoxy) is 3. The first-order chi connectivity index (χ1) is 11.7. The minimum absolute atomic E-state index is 0.00445. The highest BCUT2D eigenvalue weighted by atomic mass is 16.7. The number of carbonyl (C=O) groups is 1. The number of carbonyl (C=O) groups excluding carboxylic acids is 1. The third-order valence-electron chi connectivity index (χ3n) is 5.70. The fraction of sp³-hybridized carbons (Fsp3) is 0.611. The summed E-state index contributed by atoms with van der Waals surface area (Å²) in [4.78, 5) is 14.5. The third kappa shape index (κ3) is 2.74. The van der Waals surface area contributed by atoms with Crippen LogP contribution in [-0.2, 0) is 16.1 Å². The van der Waals surface area contributed by atoms with E-state index in [1.165, 1.54) is 5.56 Å². The zero-order valence-electron chi connectivity index (χ0n) is 14.0. The van der Waals surface area contributed by atoms with Crippen molar-refractivity contribution in [1.82, 2.24) is 10.2 Å². The summed E-state index contributed by atoms with van der Waals surface area (Å²) in [6.07, 6.45) is 2.06. The molecule has 1 N–H and O–H groups in total. The average molecular weight is 332 g/mol. The predicted octanol–water partition coefficient (Wildman–Crippen LogP) is 1.39. The molecule has 0 aliphatic carbocycles. The minimum Gasteiger partial charge on any atom is -0.454 e. The monoisotopic (exact) mass is 332 g/mol. The smallest absolute Gasteiger partial charge is 0.231 e. The van der Waals surface area contributed by atoms with Gasteiger partial charge in [0.05, 0.1) is 12.5 Å². The largest absolute Gasteiger partial charge is 0.454 e. The lowest BCUT2D eigenvalue weighted by molar-refractivity contribution is -0.126. The minimum atomic E-state index is -0.00445. The van der Waals surface area contributed by atoms with Crippen LogP contribution in [0.1, 0.15) is 18.4 Å². The molecule has 3 heterocycles. The molecule has 4 rings (SSSR count). The van der Waals surface area contributed by atoms with Crippen molar-refractivity contribution in [2.45, 2.75) is 19.4 Å². The zero-order chi connectivity index (χ0) is 16.6. The Morgan fingerprint density at radius 1 is 1.29 bits per heavy atom. The summed E-state index contributed by atoms with van der Waals surface area (Å²) in [5.74, 6) is 1.82. The lowest BCUT2D eigenvalue weighted by Crippen LogP contribution is -2.45. The van der Waals surface area contributed by atoms with Gasteiger partial charge in [0.25, 0.3) is 0 Å². The highest BCUT2D eigenvalue weighted by Gasteiger charge is 2.49. The molecule has 2 fully saturated rings. The van der Waals surface area contributed by atoms with Crippen molar-refractivity contribution in [3.63, 3.8) is 0 Å². The Morgan fingerprint density at radius 2 is 2.08 bits per heavy atom. The van der Waals surface area contributed by atoms with Gasteiger partial charge in [-0.25, -0.2) is 0 Å². The summed E-state index contributed by atoms with van der Waals surface area (Å²) in [6, 6.07) is 6.16. The third-order valence-corrected chi connectivity index (χ3v) is 5.70. The van der Waals surface area contributed by atoms with E-state index in [9.17, 15) is 4.79 Å². The second kappa shape index (κ2) is 6.26. The van der Waals surface area contributed by atoms with Crippen LogP contribution >= 0.6 is 0 Å². The van der Waals surface area contributed by atoms with Crippen molar-refractivity contribution < 1.29 is 19.0 Å². The van der Waals surface area contributed by atoms with Gasteiger partial charge in [0.15, 0.2) is 11.5 Å². The van der Waals surface area contributed by atoms with E-state index in [4.69, 9.17) is 14.2 Å². The molecule has 130 valence electrons. The molecule has 0 aromatic heterocycles. The van der Waals surface area contributed by atoms with Crippen LogP contribution in [-0.4, -0.2) is 51.0 Å². The Balaban J connectivity index is 1.38. The Kier molecular flexibility index (Phi) is 4.10. The highest BCUT2D eigenvalue weighted by Crippen LogP contribution is 2.42. The Bertz CT molecular complexity index is 625. The molecule has 0 bridgehead atoms. The summed E-state index contributed by atoms with van der Waals surface area (Å²) in [6.45, 7) is 4.54. The number of likely N-dealkylation sites (tertiary alicyclic amines) is 1. The van der Waals surface area contributed by atoms with Gasteiger partial charge in [0, 0.05) is 25.6 Å². The van der Waals surface area contributed by atoms with Crippen LogP contribution in [0.15, 0.2) is 18.2 Å². The molecule has 1 amide bonds. The molecule has 2 saturated heterocycles. The van der Waals surface area contributed by atoms with Gasteiger partial charge < -0.3 is 19.5 Å². The van der Waals surface area contributed by atoms with Crippen LogP contribution in [0.5, 0.6) is 11.5 Å². The van der Waals surface area contributed by atoms with E-state index in [1.807, 2.05) is 6.07 Å². The quantitative estimate of drug-likeness (QED) is 0.903. The normalized spacial score (nSPS) is 25.2. The molecule has 3 aliphatic heterocycles. The maximum absolute atomic E-state index is 12.1.